The highest BCUT2D eigenvalue weighted by molar-refractivity contribution is 9.10. The molecule has 20 heavy (non-hydrogen) atoms. The molecule has 1 aliphatic heterocycles. The molecule has 0 spiro atoms. The Labute approximate surface area is 127 Å². The third-order valence-electron chi connectivity index (χ3n) is 3.53. The molecular weight excluding hydrogens is 322 g/mol. The third kappa shape index (κ3) is 3.91. The number of benzene rings is 1. The van der Waals surface area contributed by atoms with Crippen LogP contribution in [0.15, 0.2) is 34.8 Å². The zero-order valence-electron chi connectivity index (χ0n) is 11.3. The average molecular weight is 340 g/mol. The fraction of sp³-hybridized carbons (Fsp3) is 0.400. The minimum Gasteiger partial charge on any atom is -0.385 e. The molecule has 0 bridgehead atoms. The molecule has 2 rings (SSSR count). The summed E-state index contributed by atoms with van der Waals surface area (Å²) >= 11 is 3.36. The van der Waals surface area contributed by atoms with Crippen LogP contribution in [0, 0.1) is 0 Å². The van der Waals surface area contributed by atoms with E-state index in [1.54, 1.807) is 6.08 Å². The van der Waals surface area contributed by atoms with Gasteiger partial charge in [0.05, 0.1) is 6.10 Å². The van der Waals surface area contributed by atoms with E-state index in [1.165, 1.54) is 6.08 Å². The van der Waals surface area contributed by atoms with Crippen LogP contribution in [0.5, 0.6) is 0 Å². The van der Waals surface area contributed by atoms with Crippen molar-refractivity contribution in [1.82, 2.24) is 5.32 Å². The number of carbonyl (C=O) groups excluding carboxylic acids is 1. The number of nitrogens with one attached hydrogen (secondary N) is 1. The second-order valence-electron chi connectivity index (χ2n) is 4.97. The Morgan fingerprint density at radius 2 is 2.25 bits per heavy atom. The predicted molar refractivity (Wildman–Crippen MR) is 81.2 cm³/mol. The van der Waals surface area contributed by atoms with E-state index in [-0.39, 0.29) is 18.6 Å². The summed E-state index contributed by atoms with van der Waals surface area (Å²) in [6.07, 6.45) is 3.50. The van der Waals surface area contributed by atoms with Crippen LogP contribution in [0.1, 0.15) is 18.9 Å². The van der Waals surface area contributed by atoms with Gasteiger partial charge in [-0.3, -0.25) is 4.79 Å². The van der Waals surface area contributed by atoms with E-state index in [1.807, 2.05) is 31.2 Å². The van der Waals surface area contributed by atoms with Gasteiger partial charge in [-0.2, -0.15) is 0 Å². The van der Waals surface area contributed by atoms with Crippen LogP contribution in [0.2, 0.25) is 0 Å². The van der Waals surface area contributed by atoms with Crippen LogP contribution < -0.4 is 5.32 Å². The molecule has 0 radical (unpaired) electrons. The number of ether oxygens (including phenoxy) is 1. The summed E-state index contributed by atoms with van der Waals surface area (Å²) in [5.74, 6) is -0.222. The molecular formula is C15H18BrNO3. The first-order chi connectivity index (χ1) is 9.49. The average Bonchev–Trinajstić information content (AvgIpc) is 2.76. The van der Waals surface area contributed by atoms with Crippen LogP contribution in [0.4, 0.5) is 0 Å². The van der Waals surface area contributed by atoms with Crippen molar-refractivity contribution in [2.24, 2.45) is 0 Å². The van der Waals surface area contributed by atoms with Crippen LogP contribution in [-0.2, 0) is 9.53 Å². The molecule has 0 saturated carbocycles. The molecule has 1 fully saturated rings. The van der Waals surface area contributed by atoms with Crippen LogP contribution in [-0.4, -0.2) is 35.9 Å². The number of halogens is 1. The molecule has 1 aliphatic rings. The summed E-state index contributed by atoms with van der Waals surface area (Å²) < 4.78 is 6.31. The SMILES string of the molecule is CC1OCCC1(O)CNC(=O)/C=C/c1ccc(Br)cc1. The molecule has 5 heteroatoms. The maximum absolute atomic E-state index is 11.7. The fourth-order valence-electron chi connectivity index (χ4n) is 2.05. The van der Waals surface area contributed by atoms with Gasteiger partial charge in [0.2, 0.25) is 5.91 Å². The molecule has 1 heterocycles. The molecule has 1 aromatic rings. The van der Waals surface area contributed by atoms with Crippen molar-refractivity contribution in [1.29, 1.82) is 0 Å². The lowest BCUT2D eigenvalue weighted by molar-refractivity contribution is -0.118. The maximum Gasteiger partial charge on any atom is 0.244 e. The maximum atomic E-state index is 11.7. The molecule has 1 saturated heterocycles. The van der Waals surface area contributed by atoms with Crippen molar-refractivity contribution in [3.63, 3.8) is 0 Å². The van der Waals surface area contributed by atoms with Crippen molar-refractivity contribution in [3.8, 4) is 0 Å². The molecule has 2 unspecified atom stereocenters. The summed E-state index contributed by atoms with van der Waals surface area (Å²) in [7, 11) is 0. The molecule has 2 N–H and O–H groups in total. The number of amides is 1. The second kappa shape index (κ2) is 6.52. The summed E-state index contributed by atoms with van der Waals surface area (Å²) in [5.41, 5.74) is -0.0131. The summed E-state index contributed by atoms with van der Waals surface area (Å²) in [6.45, 7) is 2.55. The van der Waals surface area contributed by atoms with E-state index < -0.39 is 5.60 Å². The van der Waals surface area contributed by atoms with E-state index in [0.717, 1.165) is 10.0 Å². The number of hydrogen-bond acceptors (Lipinski definition) is 3. The molecule has 108 valence electrons. The summed E-state index contributed by atoms with van der Waals surface area (Å²) in [4.78, 5) is 11.7. The van der Waals surface area contributed by atoms with Crippen molar-refractivity contribution < 1.29 is 14.6 Å². The van der Waals surface area contributed by atoms with E-state index in [2.05, 4.69) is 21.2 Å². The van der Waals surface area contributed by atoms with Crippen molar-refractivity contribution in [3.05, 3.63) is 40.4 Å². The van der Waals surface area contributed by atoms with E-state index >= 15 is 0 Å². The first-order valence-corrected chi connectivity index (χ1v) is 7.34. The Kier molecular flexibility index (Phi) is 4.96. The van der Waals surface area contributed by atoms with Gasteiger partial charge in [0.25, 0.3) is 0 Å². The lowest BCUT2D eigenvalue weighted by Crippen LogP contribution is -2.47. The monoisotopic (exact) mass is 339 g/mol. The molecule has 0 aliphatic carbocycles. The lowest BCUT2D eigenvalue weighted by Gasteiger charge is -2.25. The molecule has 1 amide bonds. The smallest absolute Gasteiger partial charge is 0.244 e. The minimum absolute atomic E-state index is 0.206. The lowest BCUT2D eigenvalue weighted by atomic mass is 9.97. The number of carbonyl (C=O) groups is 1. The highest BCUT2D eigenvalue weighted by atomic mass is 79.9. The van der Waals surface area contributed by atoms with Gasteiger partial charge in [0.1, 0.15) is 5.60 Å². The number of aliphatic hydroxyl groups is 1. The Morgan fingerprint density at radius 3 is 2.85 bits per heavy atom. The molecule has 0 aromatic heterocycles. The quantitative estimate of drug-likeness (QED) is 0.826. The minimum atomic E-state index is -0.957. The van der Waals surface area contributed by atoms with E-state index in [9.17, 15) is 9.90 Å². The predicted octanol–water partition coefficient (Wildman–Crippen LogP) is 2.12. The van der Waals surface area contributed by atoms with Gasteiger partial charge in [0.15, 0.2) is 0 Å². The zero-order valence-corrected chi connectivity index (χ0v) is 12.9. The topological polar surface area (TPSA) is 58.6 Å². The van der Waals surface area contributed by atoms with Gasteiger partial charge < -0.3 is 15.2 Å². The molecule has 1 aromatic carbocycles. The van der Waals surface area contributed by atoms with Crippen LogP contribution in [0.3, 0.4) is 0 Å². The first kappa shape index (κ1) is 15.2. The van der Waals surface area contributed by atoms with Gasteiger partial charge in [0, 0.05) is 30.1 Å². The first-order valence-electron chi connectivity index (χ1n) is 6.55. The van der Waals surface area contributed by atoms with E-state index in [0.29, 0.717) is 13.0 Å². The normalized spacial score (nSPS) is 26.1. The number of rotatable bonds is 4. The molecule has 4 nitrogen and oxygen atoms in total. The van der Waals surface area contributed by atoms with Gasteiger partial charge >= 0.3 is 0 Å². The Balaban J connectivity index is 1.85. The summed E-state index contributed by atoms with van der Waals surface area (Å²) in [6, 6.07) is 7.65. The highest BCUT2D eigenvalue weighted by Gasteiger charge is 2.39. The van der Waals surface area contributed by atoms with Gasteiger partial charge in [-0.15, -0.1) is 0 Å². The largest absolute Gasteiger partial charge is 0.385 e. The second-order valence-corrected chi connectivity index (χ2v) is 5.88. The van der Waals surface area contributed by atoms with E-state index in [4.69, 9.17) is 4.74 Å². The van der Waals surface area contributed by atoms with Crippen LogP contribution >= 0.6 is 15.9 Å². The summed E-state index contributed by atoms with van der Waals surface area (Å²) in [5, 5.41) is 13.0. The third-order valence-corrected chi connectivity index (χ3v) is 4.05. The van der Waals surface area contributed by atoms with Crippen molar-refractivity contribution >= 4 is 27.9 Å². The standard InChI is InChI=1S/C15H18BrNO3/c1-11-15(19,8-9-20-11)10-17-14(18)7-4-12-2-5-13(16)6-3-12/h2-7,11,19H,8-10H2,1H3,(H,17,18)/b7-4+. The Bertz CT molecular complexity index is 500. The molecule has 2 atom stereocenters. The fourth-order valence-corrected chi connectivity index (χ4v) is 2.31. The van der Waals surface area contributed by atoms with Gasteiger partial charge in [-0.05, 0) is 30.7 Å². The number of hydrogen-bond donors (Lipinski definition) is 2. The Hall–Kier alpha value is -1.17. The Morgan fingerprint density at radius 1 is 1.55 bits per heavy atom. The van der Waals surface area contributed by atoms with Crippen molar-refractivity contribution in [2.45, 2.75) is 25.0 Å². The zero-order chi connectivity index (χ0) is 14.6. The van der Waals surface area contributed by atoms with Crippen molar-refractivity contribution in [2.75, 3.05) is 13.2 Å². The van der Waals surface area contributed by atoms with Gasteiger partial charge in [-0.1, -0.05) is 28.1 Å². The highest BCUT2D eigenvalue weighted by Crippen LogP contribution is 2.24. The van der Waals surface area contributed by atoms with Gasteiger partial charge in [-0.25, -0.2) is 0 Å². The van der Waals surface area contributed by atoms with Crippen LogP contribution in [0.25, 0.3) is 6.08 Å².